The average Bonchev–Trinajstić information content (AvgIpc) is 2.35. The maximum absolute atomic E-state index is 5.73. The lowest BCUT2D eigenvalue weighted by Gasteiger charge is -1.98. The molecular formula is C14H11Br3Cl2. The van der Waals surface area contributed by atoms with Gasteiger partial charge in [0, 0.05) is 24.3 Å². The molecule has 0 radical (unpaired) electrons. The van der Waals surface area contributed by atoms with Gasteiger partial charge < -0.3 is 0 Å². The van der Waals surface area contributed by atoms with Gasteiger partial charge in [0.2, 0.25) is 0 Å². The summed E-state index contributed by atoms with van der Waals surface area (Å²) in [6.45, 7) is 2.03. The van der Waals surface area contributed by atoms with Crippen molar-refractivity contribution in [2.24, 2.45) is 0 Å². The van der Waals surface area contributed by atoms with E-state index in [1.54, 1.807) is 0 Å². The Morgan fingerprint density at radius 2 is 1.42 bits per heavy atom. The van der Waals surface area contributed by atoms with Crippen LogP contribution in [0.5, 0.6) is 0 Å². The maximum Gasteiger partial charge on any atom is 0.0417 e. The second kappa shape index (κ2) is 8.68. The Balaban J connectivity index is 0.000000191. The lowest BCUT2D eigenvalue weighted by molar-refractivity contribution is 1.40. The van der Waals surface area contributed by atoms with E-state index in [2.05, 4.69) is 47.8 Å². The van der Waals surface area contributed by atoms with Crippen LogP contribution < -0.4 is 0 Å². The zero-order valence-electron chi connectivity index (χ0n) is 10.1. The van der Waals surface area contributed by atoms with Gasteiger partial charge in [-0.05, 0) is 42.3 Å². The van der Waals surface area contributed by atoms with Crippen LogP contribution in [0.3, 0.4) is 0 Å². The van der Waals surface area contributed by atoms with Crippen molar-refractivity contribution in [1.82, 2.24) is 0 Å². The summed E-state index contributed by atoms with van der Waals surface area (Å²) in [5.74, 6) is 0. The molecule has 0 aliphatic carbocycles. The van der Waals surface area contributed by atoms with Crippen molar-refractivity contribution in [1.29, 1.82) is 0 Å². The number of alkyl halides is 1. The van der Waals surface area contributed by atoms with Crippen LogP contribution in [0.4, 0.5) is 0 Å². The molecule has 0 unspecified atom stereocenters. The maximum atomic E-state index is 5.73. The zero-order valence-corrected chi connectivity index (χ0v) is 16.3. The molecule has 0 nitrogen and oxygen atoms in total. The molecule has 0 N–H and O–H groups in total. The molecule has 5 heteroatoms. The number of halogens is 5. The van der Waals surface area contributed by atoms with Crippen LogP contribution in [-0.2, 0) is 5.33 Å². The summed E-state index contributed by atoms with van der Waals surface area (Å²) in [6.07, 6.45) is 0. The zero-order chi connectivity index (χ0) is 14.4. The summed E-state index contributed by atoms with van der Waals surface area (Å²) < 4.78 is 2.12. The van der Waals surface area contributed by atoms with Crippen molar-refractivity contribution < 1.29 is 0 Å². The van der Waals surface area contributed by atoms with E-state index >= 15 is 0 Å². The molecule has 0 heterocycles. The Morgan fingerprint density at radius 3 is 1.84 bits per heavy atom. The fourth-order valence-electron chi connectivity index (χ4n) is 1.20. The molecule has 0 saturated carbocycles. The minimum Gasteiger partial charge on any atom is -0.0876 e. The average molecular weight is 490 g/mol. The van der Waals surface area contributed by atoms with Crippen molar-refractivity contribution in [3.8, 4) is 0 Å². The molecule has 2 rings (SSSR count). The minimum atomic E-state index is 0.761. The summed E-state index contributed by atoms with van der Waals surface area (Å²) in [4.78, 5) is 0. The summed E-state index contributed by atoms with van der Waals surface area (Å²) >= 11 is 21.5. The third-order valence-electron chi connectivity index (χ3n) is 2.29. The first-order valence-corrected chi connectivity index (χ1v) is 8.82. The molecule has 0 fully saturated rings. The van der Waals surface area contributed by atoms with Crippen LogP contribution in [-0.4, -0.2) is 0 Å². The largest absolute Gasteiger partial charge is 0.0876 e. The van der Waals surface area contributed by atoms with Crippen LogP contribution in [0.15, 0.2) is 45.3 Å². The van der Waals surface area contributed by atoms with E-state index in [4.69, 9.17) is 23.2 Å². The lowest BCUT2D eigenvalue weighted by atomic mass is 10.2. The first-order valence-electron chi connectivity index (χ1n) is 5.35. The summed E-state index contributed by atoms with van der Waals surface area (Å²) in [5.41, 5.74) is 2.42. The van der Waals surface area contributed by atoms with Crippen LogP contribution in [0, 0.1) is 6.92 Å². The van der Waals surface area contributed by atoms with Gasteiger partial charge >= 0.3 is 0 Å². The number of hydrogen-bond donors (Lipinski definition) is 0. The monoisotopic (exact) mass is 486 g/mol. The van der Waals surface area contributed by atoms with Crippen molar-refractivity contribution in [2.45, 2.75) is 12.3 Å². The van der Waals surface area contributed by atoms with Gasteiger partial charge in [0.1, 0.15) is 0 Å². The highest BCUT2D eigenvalue weighted by Crippen LogP contribution is 2.23. The highest BCUT2D eigenvalue weighted by atomic mass is 79.9. The van der Waals surface area contributed by atoms with E-state index in [-0.39, 0.29) is 0 Å². The van der Waals surface area contributed by atoms with Gasteiger partial charge in [-0.3, -0.25) is 0 Å². The number of aryl methyl sites for hydroxylation is 1. The molecule has 19 heavy (non-hydrogen) atoms. The van der Waals surface area contributed by atoms with E-state index in [0.29, 0.717) is 0 Å². The highest BCUT2D eigenvalue weighted by Gasteiger charge is 1.97. The predicted octanol–water partition coefficient (Wildman–Crippen LogP) is 7.41. The van der Waals surface area contributed by atoms with Gasteiger partial charge in [0.15, 0.2) is 0 Å². The van der Waals surface area contributed by atoms with Gasteiger partial charge in [-0.2, -0.15) is 0 Å². The Labute approximate surface area is 148 Å². The van der Waals surface area contributed by atoms with E-state index < -0.39 is 0 Å². The van der Waals surface area contributed by atoms with E-state index in [0.717, 1.165) is 24.3 Å². The van der Waals surface area contributed by atoms with E-state index in [9.17, 15) is 0 Å². The fourth-order valence-corrected chi connectivity index (χ4v) is 3.57. The first kappa shape index (κ1) is 17.5. The minimum absolute atomic E-state index is 0.761. The standard InChI is InChI=1S/C7H5Br2Cl.C7H6BrCl/c8-4-5-1-2-6(10)3-7(5)9;1-5-2-3-6(9)4-7(5)8/h1-3H,4H2;2-4H,1H3. The van der Waals surface area contributed by atoms with Gasteiger partial charge in [-0.25, -0.2) is 0 Å². The van der Waals surface area contributed by atoms with Crippen molar-refractivity contribution in [2.75, 3.05) is 0 Å². The molecule has 0 bridgehead atoms. The molecule has 2 aromatic rings. The topological polar surface area (TPSA) is 0 Å². The molecule has 0 aliphatic heterocycles. The molecular weight excluding hydrogens is 479 g/mol. The number of benzene rings is 2. The fraction of sp³-hybridized carbons (Fsp3) is 0.143. The predicted molar refractivity (Wildman–Crippen MR) is 95.7 cm³/mol. The van der Waals surface area contributed by atoms with Crippen molar-refractivity contribution in [3.63, 3.8) is 0 Å². The first-order chi connectivity index (χ1) is 8.93. The smallest absolute Gasteiger partial charge is 0.0417 e. The lowest BCUT2D eigenvalue weighted by Crippen LogP contribution is -1.77. The molecule has 0 spiro atoms. The molecule has 2 aromatic carbocycles. The van der Waals surface area contributed by atoms with Gasteiger partial charge in [-0.15, -0.1) is 0 Å². The second-order valence-electron chi connectivity index (χ2n) is 3.76. The second-order valence-corrected chi connectivity index (χ2v) is 6.91. The number of hydrogen-bond acceptors (Lipinski definition) is 0. The SMILES string of the molecule is Cc1ccc(Cl)cc1Br.Clc1ccc(CBr)c(Br)c1. The number of rotatable bonds is 1. The Morgan fingerprint density at radius 1 is 0.895 bits per heavy atom. The normalized spacial score (nSPS) is 9.79. The quantitative estimate of drug-likeness (QED) is 0.366. The highest BCUT2D eigenvalue weighted by molar-refractivity contribution is 9.11. The third-order valence-corrected chi connectivity index (χ3v) is 4.96. The molecule has 0 aliphatic rings. The van der Waals surface area contributed by atoms with Crippen LogP contribution >= 0.6 is 71.0 Å². The summed E-state index contributed by atoms with van der Waals surface area (Å²) in [5, 5.41) is 2.38. The third kappa shape index (κ3) is 6.17. The molecule has 0 atom stereocenters. The molecule has 102 valence electrons. The van der Waals surface area contributed by atoms with Crippen LogP contribution in [0.25, 0.3) is 0 Å². The molecule has 0 amide bonds. The summed E-state index contributed by atoms with van der Waals surface area (Å²) in [7, 11) is 0. The van der Waals surface area contributed by atoms with Gasteiger partial charge in [0.05, 0.1) is 0 Å². The molecule has 0 aromatic heterocycles. The van der Waals surface area contributed by atoms with Gasteiger partial charge in [-0.1, -0.05) is 83.1 Å². The van der Waals surface area contributed by atoms with Gasteiger partial charge in [0.25, 0.3) is 0 Å². The van der Waals surface area contributed by atoms with Crippen molar-refractivity contribution >= 4 is 71.0 Å². The van der Waals surface area contributed by atoms with Crippen molar-refractivity contribution in [3.05, 3.63) is 66.5 Å². The van der Waals surface area contributed by atoms with E-state index in [1.165, 1.54) is 11.1 Å². The van der Waals surface area contributed by atoms with Crippen LogP contribution in [0.1, 0.15) is 11.1 Å². The Kier molecular flexibility index (Phi) is 8.00. The van der Waals surface area contributed by atoms with E-state index in [1.807, 2.05) is 43.3 Å². The van der Waals surface area contributed by atoms with Crippen LogP contribution in [0.2, 0.25) is 10.0 Å². The Hall–Kier alpha value is 0.460. The molecule has 0 saturated heterocycles. The summed E-state index contributed by atoms with van der Waals surface area (Å²) in [6, 6.07) is 11.5. The Bertz CT molecular complexity index is 556.